The molecule has 4 aromatic rings. The van der Waals surface area contributed by atoms with Crippen LogP contribution in [0.25, 0.3) is 10.8 Å². The number of carbonyl (C=O) groups is 1. The molecule has 1 aliphatic rings. The van der Waals surface area contributed by atoms with Crippen molar-refractivity contribution in [1.82, 2.24) is 0 Å². The Bertz CT molecular complexity index is 1410. The lowest BCUT2D eigenvalue weighted by Crippen LogP contribution is -2.57. The van der Waals surface area contributed by atoms with Crippen LogP contribution in [0.5, 0.6) is 5.75 Å². The smallest absolute Gasteiger partial charge is 0.265 e. The summed E-state index contributed by atoms with van der Waals surface area (Å²) >= 11 is 3.56. The molecule has 5 rings (SSSR count). The Morgan fingerprint density at radius 1 is 0.914 bits per heavy atom. The van der Waals surface area contributed by atoms with Gasteiger partial charge in [-0.1, -0.05) is 83.0 Å². The second kappa shape index (κ2) is 8.83. The molecule has 1 amide bonds. The van der Waals surface area contributed by atoms with Crippen molar-refractivity contribution >= 4 is 38.3 Å². The van der Waals surface area contributed by atoms with Crippen LogP contribution in [0.15, 0.2) is 89.4 Å². The van der Waals surface area contributed by atoms with Gasteiger partial charge in [-0.3, -0.25) is 4.79 Å². The zero-order valence-corrected chi connectivity index (χ0v) is 22.2. The van der Waals surface area contributed by atoms with E-state index < -0.39 is 5.54 Å². The van der Waals surface area contributed by atoms with Crippen LogP contribution in [0.2, 0.25) is 0 Å². The summed E-state index contributed by atoms with van der Waals surface area (Å²) in [7, 11) is 0. The quantitative estimate of drug-likeness (QED) is 0.270. The number of halogens is 1. The maximum Gasteiger partial charge on any atom is 0.265 e. The third kappa shape index (κ3) is 4.36. The summed E-state index contributed by atoms with van der Waals surface area (Å²) in [5.41, 5.74) is 3.96. The van der Waals surface area contributed by atoms with E-state index in [1.165, 1.54) is 16.7 Å². The third-order valence-corrected chi connectivity index (χ3v) is 7.72. The lowest BCUT2D eigenvalue weighted by atomic mass is 9.65. The normalized spacial score (nSPS) is 18.8. The van der Waals surface area contributed by atoms with Crippen molar-refractivity contribution in [2.75, 3.05) is 11.5 Å². The minimum absolute atomic E-state index is 0.00984. The molecule has 0 bridgehead atoms. The maximum atomic E-state index is 13.7. The molecule has 0 spiro atoms. The van der Waals surface area contributed by atoms with Crippen LogP contribution in [-0.4, -0.2) is 18.1 Å². The van der Waals surface area contributed by atoms with E-state index in [-0.39, 0.29) is 17.9 Å². The Labute approximate surface area is 215 Å². The van der Waals surface area contributed by atoms with Crippen LogP contribution in [0.3, 0.4) is 0 Å². The van der Waals surface area contributed by atoms with E-state index in [9.17, 15) is 4.79 Å². The van der Waals surface area contributed by atoms with Crippen LogP contribution in [0.4, 0.5) is 5.69 Å². The minimum atomic E-state index is -0.395. The van der Waals surface area contributed by atoms with Crippen molar-refractivity contribution in [3.63, 3.8) is 0 Å². The van der Waals surface area contributed by atoms with Crippen LogP contribution in [0.1, 0.15) is 43.9 Å². The summed E-state index contributed by atoms with van der Waals surface area (Å²) in [6.07, 6.45) is 0.805. The van der Waals surface area contributed by atoms with Crippen molar-refractivity contribution in [3.8, 4) is 5.75 Å². The molecule has 4 aromatic carbocycles. The highest BCUT2D eigenvalue weighted by atomic mass is 79.9. The van der Waals surface area contributed by atoms with Gasteiger partial charge in [0, 0.05) is 21.1 Å². The van der Waals surface area contributed by atoms with Gasteiger partial charge in [0.15, 0.2) is 6.61 Å². The Balaban J connectivity index is 1.49. The molecule has 1 heterocycles. The van der Waals surface area contributed by atoms with Gasteiger partial charge in [-0.2, -0.15) is 0 Å². The number of hydrogen-bond donors (Lipinski definition) is 0. The molecule has 0 N–H and O–H groups in total. The largest absolute Gasteiger partial charge is 0.484 e. The number of nitrogens with zero attached hydrogens (tertiary/aromatic N) is 1. The SMILES string of the molecule is Cc1ccc2c(c1)[C@@](C)(c1ccc(Br)cc1)CC(C)(C)N2C(=O)COc1ccc2ccccc2c1. The van der Waals surface area contributed by atoms with E-state index in [0.717, 1.165) is 27.4 Å². The number of benzene rings is 4. The van der Waals surface area contributed by atoms with Gasteiger partial charge in [-0.15, -0.1) is 0 Å². The molecular formula is C31H30BrNO2. The number of fused-ring (bicyclic) bond motifs is 2. The van der Waals surface area contributed by atoms with Crippen LogP contribution < -0.4 is 9.64 Å². The lowest BCUT2D eigenvalue weighted by Gasteiger charge is -2.51. The summed E-state index contributed by atoms with van der Waals surface area (Å²) in [6, 6.07) is 29.1. The molecule has 35 heavy (non-hydrogen) atoms. The standard InChI is InChI=1S/C31H30BrNO2/c1-21-9-16-28-27(17-21)31(4,24-11-13-25(32)14-12-24)20-30(2,3)33(28)29(34)19-35-26-15-10-22-7-5-6-8-23(22)18-26/h5-18H,19-20H2,1-4H3/t31-/m1/s1. The van der Waals surface area contributed by atoms with Gasteiger partial charge >= 0.3 is 0 Å². The van der Waals surface area contributed by atoms with Crippen LogP contribution in [-0.2, 0) is 10.2 Å². The van der Waals surface area contributed by atoms with E-state index in [1.807, 2.05) is 35.2 Å². The van der Waals surface area contributed by atoms with E-state index in [0.29, 0.717) is 5.75 Å². The van der Waals surface area contributed by atoms with Crippen LogP contribution in [0, 0.1) is 6.92 Å². The number of amides is 1. The fraction of sp³-hybridized carbons (Fsp3) is 0.258. The summed E-state index contributed by atoms with van der Waals surface area (Å²) in [5, 5.41) is 2.25. The average molecular weight is 528 g/mol. The molecule has 3 nitrogen and oxygen atoms in total. The average Bonchev–Trinajstić information content (AvgIpc) is 2.83. The molecule has 0 saturated carbocycles. The first-order valence-corrected chi connectivity index (χ1v) is 12.8. The number of carbonyl (C=O) groups excluding carboxylic acids is 1. The summed E-state index contributed by atoms with van der Waals surface area (Å²) in [4.78, 5) is 15.6. The van der Waals surface area contributed by atoms with Gasteiger partial charge < -0.3 is 9.64 Å². The molecular weight excluding hydrogens is 498 g/mol. The Morgan fingerprint density at radius 2 is 1.63 bits per heavy atom. The van der Waals surface area contributed by atoms with E-state index in [1.54, 1.807) is 0 Å². The molecule has 1 atom stereocenters. The molecule has 0 aliphatic carbocycles. The molecule has 4 heteroatoms. The monoisotopic (exact) mass is 527 g/mol. The maximum absolute atomic E-state index is 13.7. The van der Waals surface area contributed by atoms with Crippen molar-refractivity contribution in [1.29, 1.82) is 0 Å². The summed E-state index contributed by atoms with van der Waals surface area (Å²) in [5.74, 6) is 0.668. The Kier molecular flexibility index (Phi) is 5.96. The van der Waals surface area contributed by atoms with Gasteiger partial charge in [0.25, 0.3) is 5.91 Å². The van der Waals surface area contributed by atoms with Crippen molar-refractivity contribution in [3.05, 3.63) is 106 Å². The second-order valence-electron chi connectivity index (χ2n) is 10.4. The van der Waals surface area contributed by atoms with Gasteiger partial charge in [-0.25, -0.2) is 0 Å². The van der Waals surface area contributed by atoms with Gasteiger partial charge in [0.2, 0.25) is 0 Å². The first-order chi connectivity index (χ1) is 16.7. The van der Waals surface area contributed by atoms with Crippen LogP contribution >= 0.6 is 15.9 Å². The predicted molar refractivity (Wildman–Crippen MR) is 147 cm³/mol. The minimum Gasteiger partial charge on any atom is -0.484 e. The number of rotatable bonds is 4. The van der Waals surface area contributed by atoms with E-state index in [4.69, 9.17) is 4.74 Å². The van der Waals surface area contributed by atoms with Gasteiger partial charge in [0.1, 0.15) is 5.75 Å². The summed E-state index contributed by atoms with van der Waals surface area (Å²) < 4.78 is 7.08. The molecule has 0 fully saturated rings. The fourth-order valence-corrected chi connectivity index (χ4v) is 5.93. The molecule has 178 valence electrons. The molecule has 0 radical (unpaired) electrons. The third-order valence-electron chi connectivity index (χ3n) is 7.19. The highest BCUT2D eigenvalue weighted by Crippen LogP contribution is 2.50. The fourth-order valence-electron chi connectivity index (χ4n) is 5.67. The summed E-state index contributed by atoms with van der Waals surface area (Å²) in [6.45, 7) is 8.70. The van der Waals surface area contributed by atoms with Crippen molar-refractivity contribution in [2.45, 2.75) is 45.1 Å². The molecule has 0 saturated heterocycles. The predicted octanol–water partition coefficient (Wildman–Crippen LogP) is 7.81. The number of anilines is 1. The number of aryl methyl sites for hydroxylation is 1. The highest BCUT2D eigenvalue weighted by molar-refractivity contribution is 9.10. The first kappa shape index (κ1) is 23.6. The molecule has 0 unspecified atom stereocenters. The lowest BCUT2D eigenvalue weighted by molar-refractivity contribution is -0.121. The Morgan fingerprint density at radius 3 is 2.37 bits per heavy atom. The number of hydrogen-bond acceptors (Lipinski definition) is 2. The highest BCUT2D eigenvalue weighted by Gasteiger charge is 2.47. The van der Waals surface area contributed by atoms with Crippen molar-refractivity contribution in [2.24, 2.45) is 0 Å². The zero-order valence-electron chi connectivity index (χ0n) is 20.6. The zero-order chi connectivity index (χ0) is 24.8. The molecule has 1 aliphatic heterocycles. The number of ether oxygens (including phenoxy) is 1. The van der Waals surface area contributed by atoms with Crippen molar-refractivity contribution < 1.29 is 9.53 Å². The Hall–Kier alpha value is -3.11. The topological polar surface area (TPSA) is 29.5 Å². The first-order valence-electron chi connectivity index (χ1n) is 12.0. The van der Waals surface area contributed by atoms with E-state index >= 15 is 0 Å². The second-order valence-corrected chi connectivity index (χ2v) is 11.3. The molecule has 0 aromatic heterocycles. The van der Waals surface area contributed by atoms with Gasteiger partial charge in [-0.05, 0) is 79.4 Å². The van der Waals surface area contributed by atoms with Gasteiger partial charge in [0.05, 0.1) is 0 Å². The van der Waals surface area contributed by atoms with E-state index in [2.05, 4.69) is 98.2 Å².